The van der Waals surface area contributed by atoms with Gasteiger partial charge in [-0.25, -0.2) is 0 Å². The molecule has 2 rings (SSSR count). The maximum Gasteiger partial charge on any atom is 0.318 e. The molecule has 1 aliphatic rings. The van der Waals surface area contributed by atoms with Crippen molar-refractivity contribution >= 4 is 6.01 Å². The Bertz CT molecular complexity index is 325. The molecule has 0 spiro atoms. The Balaban J connectivity index is 2.05. The molecule has 15 heavy (non-hydrogen) atoms. The van der Waals surface area contributed by atoms with Gasteiger partial charge in [0.15, 0.2) is 0 Å². The Kier molecular flexibility index (Phi) is 2.90. The quantitative estimate of drug-likeness (QED) is 0.789. The van der Waals surface area contributed by atoms with Crippen LogP contribution in [0.3, 0.4) is 0 Å². The molecule has 0 aliphatic carbocycles. The normalized spacial score (nSPS) is 27.0. The number of rotatable bonds is 2. The van der Waals surface area contributed by atoms with Crippen LogP contribution in [0.4, 0.5) is 6.01 Å². The van der Waals surface area contributed by atoms with Gasteiger partial charge in [0.05, 0.1) is 6.54 Å². The molecule has 84 valence electrons. The van der Waals surface area contributed by atoms with Crippen LogP contribution < -0.4 is 10.6 Å². The number of hydrogen-bond acceptors (Lipinski definition) is 5. The van der Waals surface area contributed by atoms with Gasteiger partial charge < -0.3 is 15.1 Å². The highest BCUT2D eigenvalue weighted by molar-refractivity contribution is 5.25. The van der Waals surface area contributed by atoms with Crippen molar-refractivity contribution in [3.8, 4) is 0 Å². The maximum absolute atomic E-state index is 5.43. The van der Waals surface area contributed by atoms with Gasteiger partial charge in [0.1, 0.15) is 0 Å². The lowest BCUT2D eigenvalue weighted by atomic mass is 9.89. The third kappa shape index (κ3) is 2.12. The van der Waals surface area contributed by atoms with Crippen LogP contribution in [0.25, 0.3) is 0 Å². The fourth-order valence-electron chi connectivity index (χ4n) is 1.89. The summed E-state index contributed by atoms with van der Waals surface area (Å²) < 4.78 is 5.43. The van der Waals surface area contributed by atoms with Crippen molar-refractivity contribution in [3.05, 3.63) is 5.89 Å². The average molecular weight is 210 g/mol. The summed E-state index contributed by atoms with van der Waals surface area (Å²) in [7, 11) is 0. The minimum atomic E-state index is 0.312. The summed E-state index contributed by atoms with van der Waals surface area (Å²) in [6.45, 7) is 6.86. The molecule has 5 heteroatoms. The van der Waals surface area contributed by atoms with Crippen LogP contribution in [0.1, 0.15) is 26.2 Å². The summed E-state index contributed by atoms with van der Waals surface area (Å²) in [5.74, 6) is 1.96. The SMILES string of the molecule is CC1CCN(c2nnc(CN)o2)CC1C. The van der Waals surface area contributed by atoms with Gasteiger partial charge in [-0.15, -0.1) is 5.10 Å². The monoisotopic (exact) mass is 210 g/mol. The summed E-state index contributed by atoms with van der Waals surface area (Å²) in [6, 6.07) is 0.620. The molecule has 0 amide bonds. The first kappa shape index (κ1) is 10.4. The van der Waals surface area contributed by atoms with Gasteiger partial charge in [0.25, 0.3) is 0 Å². The third-order valence-electron chi connectivity index (χ3n) is 3.24. The summed E-state index contributed by atoms with van der Waals surface area (Å²) >= 11 is 0. The summed E-state index contributed by atoms with van der Waals surface area (Å²) in [6.07, 6.45) is 1.18. The Labute approximate surface area is 89.6 Å². The summed E-state index contributed by atoms with van der Waals surface area (Å²) in [4.78, 5) is 2.15. The van der Waals surface area contributed by atoms with Gasteiger partial charge in [-0.05, 0) is 18.3 Å². The maximum atomic E-state index is 5.43. The van der Waals surface area contributed by atoms with E-state index in [0.29, 0.717) is 24.4 Å². The summed E-state index contributed by atoms with van der Waals surface area (Å²) in [5.41, 5.74) is 5.43. The van der Waals surface area contributed by atoms with Crippen LogP contribution in [0.2, 0.25) is 0 Å². The Hall–Kier alpha value is -1.10. The Morgan fingerprint density at radius 3 is 2.80 bits per heavy atom. The van der Waals surface area contributed by atoms with Gasteiger partial charge in [-0.1, -0.05) is 18.9 Å². The summed E-state index contributed by atoms with van der Waals surface area (Å²) in [5, 5.41) is 7.87. The minimum Gasteiger partial charge on any atom is -0.407 e. The highest BCUT2D eigenvalue weighted by atomic mass is 16.4. The van der Waals surface area contributed by atoms with Crippen molar-refractivity contribution in [2.75, 3.05) is 18.0 Å². The predicted molar refractivity (Wildman–Crippen MR) is 57.3 cm³/mol. The van der Waals surface area contributed by atoms with Crippen LogP contribution >= 0.6 is 0 Å². The van der Waals surface area contributed by atoms with E-state index in [1.54, 1.807) is 0 Å². The number of anilines is 1. The molecule has 2 atom stereocenters. The highest BCUT2D eigenvalue weighted by Gasteiger charge is 2.25. The zero-order chi connectivity index (χ0) is 10.8. The molecule has 0 saturated carbocycles. The molecule has 0 bridgehead atoms. The fourth-order valence-corrected chi connectivity index (χ4v) is 1.89. The molecule has 2 heterocycles. The number of hydrogen-bond donors (Lipinski definition) is 1. The number of piperidine rings is 1. The minimum absolute atomic E-state index is 0.312. The Morgan fingerprint density at radius 1 is 1.40 bits per heavy atom. The van der Waals surface area contributed by atoms with Gasteiger partial charge in [0, 0.05) is 13.1 Å². The topological polar surface area (TPSA) is 68.2 Å². The van der Waals surface area contributed by atoms with Crippen molar-refractivity contribution in [1.29, 1.82) is 0 Å². The van der Waals surface area contributed by atoms with Crippen molar-refractivity contribution in [1.82, 2.24) is 10.2 Å². The lowest BCUT2D eigenvalue weighted by Gasteiger charge is -2.33. The molecule has 1 saturated heterocycles. The molecule has 1 aromatic rings. The van der Waals surface area contributed by atoms with E-state index in [4.69, 9.17) is 10.2 Å². The van der Waals surface area contributed by atoms with Crippen LogP contribution in [0, 0.1) is 11.8 Å². The van der Waals surface area contributed by atoms with Crippen LogP contribution in [0.15, 0.2) is 4.42 Å². The molecular formula is C10H18N4O. The zero-order valence-corrected chi connectivity index (χ0v) is 9.31. The smallest absolute Gasteiger partial charge is 0.318 e. The van der Waals surface area contributed by atoms with E-state index >= 15 is 0 Å². The second-order valence-corrected chi connectivity index (χ2v) is 4.37. The first-order chi connectivity index (χ1) is 7.20. The average Bonchev–Trinajstić information content (AvgIpc) is 2.70. The van der Waals surface area contributed by atoms with Crippen LogP contribution in [0.5, 0.6) is 0 Å². The van der Waals surface area contributed by atoms with E-state index in [-0.39, 0.29) is 0 Å². The predicted octanol–water partition coefficient (Wildman–Crippen LogP) is 1.01. The van der Waals surface area contributed by atoms with Crippen molar-refractivity contribution in [3.63, 3.8) is 0 Å². The molecule has 1 aromatic heterocycles. The number of nitrogens with zero attached hydrogens (tertiary/aromatic N) is 3. The molecule has 0 aromatic carbocycles. The van der Waals surface area contributed by atoms with Gasteiger partial charge in [0.2, 0.25) is 5.89 Å². The lowest BCUT2D eigenvalue weighted by Crippen LogP contribution is -2.38. The second-order valence-electron chi connectivity index (χ2n) is 4.37. The molecule has 2 N–H and O–H groups in total. The lowest BCUT2D eigenvalue weighted by molar-refractivity contribution is 0.311. The molecular weight excluding hydrogens is 192 g/mol. The molecule has 0 radical (unpaired) electrons. The van der Waals surface area contributed by atoms with Crippen molar-refractivity contribution in [2.45, 2.75) is 26.8 Å². The first-order valence-corrected chi connectivity index (χ1v) is 5.48. The molecule has 5 nitrogen and oxygen atoms in total. The number of nitrogens with two attached hydrogens (primary N) is 1. The van der Waals surface area contributed by atoms with Gasteiger partial charge in [-0.2, -0.15) is 0 Å². The van der Waals surface area contributed by atoms with E-state index < -0.39 is 0 Å². The van der Waals surface area contributed by atoms with Crippen LogP contribution in [-0.4, -0.2) is 23.3 Å². The van der Waals surface area contributed by atoms with E-state index in [1.165, 1.54) is 6.42 Å². The van der Waals surface area contributed by atoms with Gasteiger partial charge >= 0.3 is 6.01 Å². The largest absolute Gasteiger partial charge is 0.407 e. The van der Waals surface area contributed by atoms with E-state index in [0.717, 1.165) is 19.0 Å². The molecule has 2 unspecified atom stereocenters. The first-order valence-electron chi connectivity index (χ1n) is 5.48. The highest BCUT2D eigenvalue weighted by Crippen LogP contribution is 2.25. The third-order valence-corrected chi connectivity index (χ3v) is 3.24. The number of aromatic nitrogens is 2. The van der Waals surface area contributed by atoms with Crippen molar-refractivity contribution in [2.24, 2.45) is 17.6 Å². The standard InChI is InChI=1S/C10H18N4O/c1-7-3-4-14(6-8(7)2)10-13-12-9(5-11)15-10/h7-8H,3-6,11H2,1-2H3. The Morgan fingerprint density at radius 2 is 2.20 bits per heavy atom. The van der Waals surface area contributed by atoms with Gasteiger partial charge in [-0.3, -0.25) is 0 Å². The van der Waals surface area contributed by atoms with E-state index in [2.05, 4.69) is 28.9 Å². The fraction of sp³-hybridized carbons (Fsp3) is 0.800. The van der Waals surface area contributed by atoms with E-state index in [9.17, 15) is 0 Å². The molecule has 1 fully saturated rings. The van der Waals surface area contributed by atoms with Crippen LogP contribution in [-0.2, 0) is 6.54 Å². The second kappa shape index (κ2) is 4.18. The molecule has 1 aliphatic heterocycles. The van der Waals surface area contributed by atoms with E-state index in [1.807, 2.05) is 0 Å². The van der Waals surface area contributed by atoms with Crippen molar-refractivity contribution < 1.29 is 4.42 Å². The zero-order valence-electron chi connectivity index (χ0n) is 9.31.